The van der Waals surface area contributed by atoms with E-state index in [0.717, 1.165) is 38.5 Å². The van der Waals surface area contributed by atoms with Gasteiger partial charge in [0.15, 0.2) is 0 Å². The maximum Gasteiger partial charge on any atom is 0.254 e. The molecule has 1 aromatic heterocycles. The van der Waals surface area contributed by atoms with Crippen LogP contribution in [0.1, 0.15) is 36.1 Å². The first-order chi connectivity index (χ1) is 12.1. The van der Waals surface area contributed by atoms with Crippen molar-refractivity contribution in [3.63, 3.8) is 0 Å². The van der Waals surface area contributed by atoms with E-state index in [1.54, 1.807) is 13.2 Å². The SMILES string of the molecule is COc1cccc(C(=O)N2CCN(Cc3nccn3C(C)C)CC2)c1. The van der Waals surface area contributed by atoms with Gasteiger partial charge in [0, 0.05) is 50.2 Å². The van der Waals surface area contributed by atoms with Gasteiger partial charge in [0.25, 0.3) is 5.91 Å². The predicted octanol–water partition coefficient (Wildman–Crippen LogP) is 2.43. The van der Waals surface area contributed by atoms with Gasteiger partial charge in [-0.3, -0.25) is 9.69 Å². The van der Waals surface area contributed by atoms with E-state index in [0.29, 0.717) is 17.4 Å². The summed E-state index contributed by atoms with van der Waals surface area (Å²) >= 11 is 0. The number of aromatic nitrogens is 2. The molecule has 1 aromatic carbocycles. The van der Waals surface area contributed by atoms with Gasteiger partial charge >= 0.3 is 0 Å². The van der Waals surface area contributed by atoms with Crippen molar-refractivity contribution in [1.82, 2.24) is 19.4 Å². The summed E-state index contributed by atoms with van der Waals surface area (Å²) in [7, 11) is 1.61. The summed E-state index contributed by atoms with van der Waals surface area (Å²) in [5.41, 5.74) is 0.683. The lowest BCUT2D eigenvalue weighted by Gasteiger charge is -2.34. The van der Waals surface area contributed by atoms with E-state index in [9.17, 15) is 4.79 Å². The van der Waals surface area contributed by atoms with Crippen LogP contribution in [0, 0.1) is 0 Å². The lowest BCUT2D eigenvalue weighted by atomic mass is 10.1. The molecule has 0 saturated carbocycles. The van der Waals surface area contributed by atoms with E-state index in [4.69, 9.17) is 4.74 Å². The molecule has 0 unspecified atom stereocenters. The maximum absolute atomic E-state index is 12.7. The average Bonchev–Trinajstić information content (AvgIpc) is 3.10. The number of hydrogen-bond donors (Lipinski definition) is 0. The quantitative estimate of drug-likeness (QED) is 0.837. The minimum Gasteiger partial charge on any atom is -0.497 e. The second-order valence-electron chi connectivity index (χ2n) is 6.64. The van der Waals surface area contributed by atoms with Crippen molar-refractivity contribution in [2.24, 2.45) is 0 Å². The molecule has 0 bridgehead atoms. The molecule has 6 nitrogen and oxygen atoms in total. The van der Waals surface area contributed by atoms with Crippen LogP contribution >= 0.6 is 0 Å². The largest absolute Gasteiger partial charge is 0.497 e. The van der Waals surface area contributed by atoms with E-state index in [1.165, 1.54) is 0 Å². The summed E-state index contributed by atoms with van der Waals surface area (Å²) in [6.45, 7) is 8.34. The van der Waals surface area contributed by atoms with Gasteiger partial charge in [-0.2, -0.15) is 0 Å². The minimum absolute atomic E-state index is 0.0715. The lowest BCUT2D eigenvalue weighted by Crippen LogP contribution is -2.48. The summed E-state index contributed by atoms with van der Waals surface area (Å²) < 4.78 is 7.41. The molecule has 1 aliphatic rings. The van der Waals surface area contributed by atoms with Crippen molar-refractivity contribution in [2.75, 3.05) is 33.3 Å². The van der Waals surface area contributed by atoms with Crippen LogP contribution in [0.2, 0.25) is 0 Å². The smallest absolute Gasteiger partial charge is 0.254 e. The summed E-state index contributed by atoms with van der Waals surface area (Å²) in [5.74, 6) is 1.87. The first-order valence-corrected chi connectivity index (χ1v) is 8.76. The Labute approximate surface area is 149 Å². The zero-order chi connectivity index (χ0) is 17.8. The molecule has 0 radical (unpaired) electrons. The molecule has 6 heteroatoms. The number of ether oxygens (including phenoxy) is 1. The number of carbonyl (C=O) groups is 1. The van der Waals surface area contributed by atoms with Gasteiger partial charge in [0.2, 0.25) is 0 Å². The summed E-state index contributed by atoms with van der Waals surface area (Å²) in [4.78, 5) is 21.4. The zero-order valence-corrected chi connectivity index (χ0v) is 15.2. The van der Waals surface area contributed by atoms with Crippen molar-refractivity contribution in [3.8, 4) is 5.75 Å². The fourth-order valence-electron chi connectivity index (χ4n) is 3.18. The van der Waals surface area contributed by atoms with Gasteiger partial charge in [0.05, 0.1) is 13.7 Å². The molecule has 2 heterocycles. The van der Waals surface area contributed by atoms with E-state index < -0.39 is 0 Å². The number of hydrogen-bond acceptors (Lipinski definition) is 4. The Morgan fingerprint density at radius 3 is 2.68 bits per heavy atom. The summed E-state index contributed by atoms with van der Waals surface area (Å²) in [6.07, 6.45) is 3.89. The topological polar surface area (TPSA) is 50.6 Å². The lowest BCUT2D eigenvalue weighted by molar-refractivity contribution is 0.0623. The fraction of sp³-hybridized carbons (Fsp3) is 0.474. The molecule has 25 heavy (non-hydrogen) atoms. The van der Waals surface area contributed by atoms with E-state index >= 15 is 0 Å². The standard InChI is InChI=1S/C19H26N4O2/c1-15(2)23-8-7-20-18(23)14-21-9-11-22(12-10-21)19(24)16-5-4-6-17(13-16)25-3/h4-8,13,15H,9-12,14H2,1-3H3. The van der Waals surface area contributed by atoms with Crippen LogP contribution in [-0.4, -0.2) is 58.5 Å². The van der Waals surface area contributed by atoms with Gasteiger partial charge in [-0.15, -0.1) is 0 Å². The molecule has 1 amide bonds. The molecule has 0 aliphatic carbocycles. The number of methoxy groups -OCH3 is 1. The maximum atomic E-state index is 12.7. The Kier molecular flexibility index (Phi) is 5.38. The first-order valence-electron chi connectivity index (χ1n) is 8.76. The molecule has 0 spiro atoms. The average molecular weight is 342 g/mol. The van der Waals surface area contributed by atoms with Crippen LogP contribution in [-0.2, 0) is 6.54 Å². The van der Waals surface area contributed by atoms with Gasteiger partial charge < -0.3 is 14.2 Å². The highest BCUT2D eigenvalue weighted by Gasteiger charge is 2.23. The minimum atomic E-state index is 0.0715. The van der Waals surface area contributed by atoms with Crippen LogP contribution in [0.4, 0.5) is 0 Å². The van der Waals surface area contributed by atoms with E-state index in [1.807, 2.05) is 35.5 Å². The van der Waals surface area contributed by atoms with Crippen LogP contribution in [0.3, 0.4) is 0 Å². The predicted molar refractivity (Wildman–Crippen MR) is 96.8 cm³/mol. The highest BCUT2D eigenvalue weighted by atomic mass is 16.5. The normalized spacial score (nSPS) is 15.6. The third-order valence-corrected chi connectivity index (χ3v) is 4.65. The highest BCUT2D eigenvalue weighted by molar-refractivity contribution is 5.94. The van der Waals surface area contributed by atoms with Gasteiger partial charge in [-0.1, -0.05) is 6.07 Å². The number of amides is 1. The number of benzene rings is 1. The van der Waals surface area contributed by atoms with Gasteiger partial charge in [0.1, 0.15) is 11.6 Å². The zero-order valence-electron chi connectivity index (χ0n) is 15.2. The first kappa shape index (κ1) is 17.5. The van der Waals surface area contributed by atoms with Crippen LogP contribution in [0.5, 0.6) is 5.75 Å². The van der Waals surface area contributed by atoms with Crippen LogP contribution in [0.25, 0.3) is 0 Å². The molecule has 0 atom stereocenters. The Bertz CT molecular complexity index is 718. The van der Waals surface area contributed by atoms with Crippen molar-refractivity contribution < 1.29 is 9.53 Å². The Morgan fingerprint density at radius 1 is 1.24 bits per heavy atom. The van der Waals surface area contributed by atoms with Crippen LogP contribution < -0.4 is 4.74 Å². The van der Waals surface area contributed by atoms with Gasteiger partial charge in [-0.05, 0) is 32.0 Å². The Hall–Kier alpha value is -2.34. The molecule has 134 valence electrons. The molecule has 1 fully saturated rings. The fourth-order valence-corrected chi connectivity index (χ4v) is 3.18. The number of rotatable bonds is 5. The van der Waals surface area contributed by atoms with Crippen molar-refractivity contribution >= 4 is 5.91 Å². The summed E-state index contributed by atoms with van der Waals surface area (Å²) in [6, 6.07) is 7.76. The van der Waals surface area contributed by atoms with Crippen molar-refractivity contribution in [3.05, 3.63) is 48.0 Å². The second-order valence-corrected chi connectivity index (χ2v) is 6.64. The van der Waals surface area contributed by atoms with Crippen molar-refractivity contribution in [1.29, 1.82) is 0 Å². The molecule has 3 rings (SSSR count). The molecule has 1 aliphatic heterocycles. The third kappa shape index (κ3) is 4.02. The number of carbonyl (C=O) groups excluding carboxylic acids is 1. The van der Waals surface area contributed by atoms with E-state index in [-0.39, 0.29) is 5.91 Å². The summed E-state index contributed by atoms with van der Waals surface area (Å²) in [5, 5.41) is 0. The number of imidazole rings is 1. The third-order valence-electron chi connectivity index (χ3n) is 4.65. The molecule has 1 saturated heterocycles. The van der Waals surface area contributed by atoms with Gasteiger partial charge in [-0.25, -0.2) is 4.98 Å². The van der Waals surface area contributed by atoms with Crippen LogP contribution in [0.15, 0.2) is 36.7 Å². The Morgan fingerprint density at radius 2 is 2.00 bits per heavy atom. The Balaban J connectivity index is 1.58. The molecule has 0 N–H and O–H groups in total. The number of nitrogens with zero attached hydrogens (tertiary/aromatic N) is 4. The monoisotopic (exact) mass is 342 g/mol. The van der Waals surface area contributed by atoms with Crippen molar-refractivity contribution in [2.45, 2.75) is 26.4 Å². The molecular weight excluding hydrogens is 316 g/mol. The second kappa shape index (κ2) is 7.70. The molecular formula is C19H26N4O2. The molecule has 2 aromatic rings. The highest BCUT2D eigenvalue weighted by Crippen LogP contribution is 2.17. The van der Waals surface area contributed by atoms with E-state index in [2.05, 4.69) is 28.3 Å². The number of piperazine rings is 1.